The molecule has 0 spiro atoms. The summed E-state index contributed by atoms with van der Waals surface area (Å²) in [6.45, 7) is 0.548. The van der Waals surface area contributed by atoms with Gasteiger partial charge in [0.1, 0.15) is 6.04 Å². The minimum atomic E-state index is -3.56. The molecule has 8 nitrogen and oxygen atoms in total. The molecule has 1 saturated heterocycles. The zero-order valence-corrected chi connectivity index (χ0v) is 19.6. The van der Waals surface area contributed by atoms with Crippen molar-refractivity contribution in [2.24, 2.45) is 5.92 Å². The van der Waals surface area contributed by atoms with Crippen molar-refractivity contribution in [2.45, 2.75) is 30.2 Å². The van der Waals surface area contributed by atoms with Gasteiger partial charge in [-0.25, -0.2) is 13.4 Å². The lowest BCUT2D eigenvalue weighted by Gasteiger charge is -2.31. The van der Waals surface area contributed by atoms with Crippen LogP contribution >= 0.6 is 23.1 Å². The van der Waals surface area contributed by atoms with E-state index in [0.29, 0.717) is 24.4 Å². The zero-order valence-electron chi connectivity index (χ0n) is 17.2. The van der Waals surface area contributed by atoms with Crippen LogP contribution < -0.4 is 10.6 Å². The van der Waals surface area contributed by atoms with Crippen molar-refractivity contribution in [1.29, 1.82) is 0 Å². The van der Waals surface area contributed by atoms with E-state index in [2.05, 4.69) is 15.6 Å². The third kappa shape index (κ3) is 6.28. The summed E-state index contributed by atoms with van der Waals surface area (Å²) in [5.74, 6) is -0.102. The average Bonchev–Trinajstić information content (AvgIpc) is 3.30. The van der Waals surface area contributed by atoms with Gasteiger partial charge in [0.15, 0.2) is 5.13 Å². The second kappa shape index (κ2) is 11.1. The number of benzene rings is 1. The maximum absolute atomic E-state index is 12.8. The molecule has 3 rings (SSSR count). The smallest absolute Gasteiger partial charge is 0.248 e. The summed E-state index contributed by atoms with van der Waals surface area (Å²) in [5.41, 5.74) is 0. The summed E-state index contributed by atoms with van der Waals surface area (Å²) in [4.78, 5) is 29.8. The summed E-state index contributed by atoms with van der Waals surface area (Å²) in [7, 11) is -3.56. The first-order valence-corrected chi connectivity index (χ1v) is 13.7. The van der Waals surface area contributed by atoms with Crippen LogP contribution in [-0.2, 0) is 19.6 Å². The topological polar surface area (TPSA) is 108 Å². The number of carbonyl (C=O) groups is 2. The highest BCUT2D eigenvalue weighted by atomic mass is 32.2. The molecule has 2 N–H and O–H groups in total. The molecule has 1 unspecified atom stereocenters. The van der Waals surface area contributed by atoms with Gasteiger partial charge in [0.25, 0.3) is 0 Å². The van der Waals surface area contributed by atoms with Gasteiger partial charge >= 0.3 is 0 Å². The van der Waals surface area contributed by atoms with E-state index < -0.39 is 16.1 Å². The number of anilines is 1. The molecule has 1 aromatic carbocycles. The van der Waals surface area contributed by atoms with Crippen LogP contribution in [0.5, 0.6) is 0 Å². The molecule has 0 saturated carbocycles. The lowest BCUT2D eigenvalue weighted by atomic mass is 9.96. The molecule has 1 aliphatic rings. The highest BCUT2D eigenvalue weighted by Gasteiger charge is 2.33. The lowest BCUT2D eigenvalue weighted by molar-refractivity contribution is -0.130. The molecule has 1 atom stereocenters. The van der Waals surface area contributed by atoms with Crippen LogP contribution in [-0.4, -0.2) is 60.7 Å². The molecule has 1 aliphatic heterocycles. The molecule has 2 aromatic rings. The number of rotatable bonds is 9. The Hall–Kier alpha value is -1.95. The number of hydrogen-bond acceptors (Lipinski definition) is 7. The summed E-state index contributed by atoms with van der Waals surface area (Å²) < 4.78 is 27.0. The molecule has 0 aliphatic carbocycles. The Bertz CT molecular complexity index is 960. The van der Waals surface area contributed by atoms with Crippen molar-refractivity contribution in [3.8, 4) is 0 Å². The second-order valence-electron chi connectivity index (χ2n) is 7.16. The minimum Gasteiger partial charge on any atom is -0.344 e. The molecule has 0 bridgehead atoms. The van der Waals surface area contributed by atoms with E-state index in [4.69, 9.17) is 0 Å². The highest BCUT2D eigenvalue weighted by molar-refractivity contribution is 7.98. The van der Waals surface area contributed by atoms with Gasteiger partial charge in [-0.2, -0.15) is 16.1 Å². The number of thioether (sulfide) groups is 1. The van der Waals surface area contributed by atoms with E-state index in [1.807, 2.05) is 6.26 Å². The first-order chi connectivity index (χ1) is 14.9. The van der Waals surface area contributed by atoms with E-state index in [9.17, 15) is 18.0 Å². The number of piperidine rings is 1. The summed E-state index contributed by atoms with van der Waals surface area (Å²) >= 11 is 2.92. The standard InChI is InChI=1S/C20H26N4O4S3/c1-29-13-9-17(19(26)23-20-21-10-14-30-20)22-18(25)15-7-11-24(12-8-15)31(27,28)16-5-3-2-4-6-16/h2-6,10,14-15,17H,7-9,11-13H2,1H3,(H,22,25)(H,21,23,26). The van der Waals surface area contributed by atoms with Gasteiger partial charge in [0.05, 0.1) is 4.90 Å². The maximum Gasteiger partial charge on any atom is 0.248 e. The number of aromatic nitrogens is 1. The first kappa shape index (κ1) is 23.7. The monoisotopic (exact) mass is 482 g/mol. The number of nitrogens with one attached hydrogen (secondary N) is 2. The molecule has 11 heteroatoms. The van der Waals surface area contributed by atoms with Crippen LogP contribution in [0.3, 0.4) is 0 Å². The number of sulfonamides is 1. The van der Waals surface area contributed by atoms with Crippen molar-refractivity contribution < 1.29 is 18.0 Å². The van der Waals surface area contributed by atoms with Gasteiger partial charge in [-0.15, -0.1) is 11.3 Å². The molecule has 1 aromatic heterocycles. The van der Waals surface area contributed by atoms with Crippen molar-refractivity contribution >= 4 is 50.1 Å². The molecule has 0 radical (unpaired) electrons. The molecular formula is C20H26N4O4S3. The number of nitrogens with zero attached hydrogens (tertiary/aromatic N) is 2. The number of amides is 2. The van der Waals surface area contributed by atoms with Crippen LogP contribution in [0.2, 0.25) is 0 Å². The number of thiazole rings is 1. The van der Waals surface area contributed by atoms with Crippen LogP contribution in [0.1, 0.15) is 19.3 Å². The lowest BCUT2D eigenvalue weighted by Crippen LogP contribution is -2.49. The Kier molecular flexibility index (Phi) is 8.47. The first-order valence-electron chi connectivity index (χ1n) is 9.96. The molecule has 31 heavy (non-hydrogen) atoms. The normalized spacial score (nSPS) is 16.5. The zero-order chi connectivity index (χ0) is 22.3. The fraction of sp³-hybridized carbons (Fsp3) is 0.450. The van der Waals surface area contributed by atoms with Gasteiger partial charge in [0.2, 0.25) is 21.8 Å². The van der Waals surface area contributed by atoms with Gasteiger partial charge in [-0.05, 0) is 43.4 Å². The average molecular weight is 483 g/mol. The van der Waals surface area contributed by atoms with Crippen LogP contribution in [0, 0.1) is 5.92 Å². The largest absolute Gasteiger partial charge is 0.344 e. The molecule has 1 fully saturated rings. The third-order valence-corrected chi connectivity index (χ3v) is 8.36. The predicted molar refractivity (Wildman–Crippen MR) is 124 cm³/mol. The predicted octanol–water partition coefficient (Wildman–Crippen LogP) is 2.42. The van der Waals surface area contributed by atoms with Gasteiger partial charge in [-0.3, -0.25) is 9.59 Å². The van der Waals surface area contributed by atoms with Crippen LogP contribution in [0.4, 0.5) is 5.13 Å². The van der Waals surface area contributed by atoms with E-state index in [1.54, 1.807) is 53.7 Å². The van der Waals surface area contributed by atoms with Crippen LogP contribution in [0.15, 0.2) is 46.8 Å². The highest BCUT2D eigenvalue weighted by Crippen LogP contribution is 2.24. The van der Waals surface area contributed by atoms with Gasteiger partial charge in [-0.1, -0.05) is 18.2 Å². The van der Waals surface area contributed by atoms with Gasteiger partial charge < -0.3 is 10.6 Å². The van der Waals surface area contributed by atoms with Gasteiger partial charge in [0, 0.05) is 30.6 Å². The Morgan fingerprint density at radius 1 is 1.26 bits per heavy atom. The van der Waals surface area contributed by atoms with Crippen molar-refractivity contribution in [1.82, 2.24) is 14.6 Å². The number of carbonyl (C=O) groups excluding carboxylic acids is 2. The quantitative estimate of drug-likeness (QED) is 0.568. The fourth-order valence-electron chi connectivity index (χ4n) is 3.37. The number of hydrogen-bond donors (Lipinski definition) is 2. The Morgan fingerprint density at radius 2 is 1.97 bits per heavy atom. The maximum atomic E-state index is 12.8. The SMILES string of the molecule is CSCCC(NC(=O)C1CCN(S(=O)(=O)c2ccccc2)CC1)C(=O)Nc1nccs1. The molecule has 2 heterocycles. The Balaban J connectivity index is 1.57. The molecular weight excluding hydrogens is 456 g/mol. The summed E-state index contributed by atoms with van der Waals surface area (Å²) in [6, 6.07) is 7.65. The molecule has 2 amide bonds. The third-order valence-electron chi connectivity index (χ3n) is 5.11. The fourth-order valence-corrected chi connectivity index (χ4v) is 5.87. The molecule has 168 valence electrons. The second-order valence-corrected chi connectivity index (χ2v) is 11.0. The summed E-state index contributed by atoms with van der Waals surface area (Å²) in [6.07, 6.45) is 4.89. The van der Waals surface area contributed by atoms with Crippen molar-refractivity contribution in [3.05, 3.63) is 41.9 Å². The van der Waals surface area contributed by atoms with Crippen LogP contribution in [0.25, 0.3) is 0 Å². The van der Waals surface area contributed by atoms with E-state index in [0.717, 1.165) is 5.75 Å². The van der Waals surface area contributed by atoms with E-state index in [-0.39, 0.29) is 35.7 Å². The Labute approximate surface area is 190 Å². The van der Waals surface area contributed by atoms with Crippen molar-refractivity contribution in [2.75, 3.05) is 30.4 Å². The Morgan fingerprint density at radius 3 is 2.58 bits per heavy atom. The van der Waals surface area contributed by atoms with Crippen molar-refractivity contribution in [3.63, 3.8) is 0 Å². The van der Waals surface area contributed by atoms with E-state index in [1.165, 1.54) is 15.6 Å². The summed E-state index contributed by atoms with van der Waals surface area (Å²) in [5, 5.41) is 7.86. The minimum absolute atomic E-state index is 0.211. The van der Waals surface area contributed by atoms with E-state index >= 15 is 0 Å².